The van der Waals surface area contributed by atoms with Crippen LogP contribution >= 0.6 is 0 Å². The summed E-state index contributed by atoms with van der Waals surface area (Å²) in [5, 5.41) is 20.8. The van der Waals surface area contributed by atoms with Gasteiger partial charge < -0.3 is 42.1 Å². The highest BCUT2D eigenvalue weighted by Gasteiger charge is 2.45. The average molecular weight is 983 g/mol. The second-order valence-electron chi connectivity index (χ2n) is 21.0. The van der Waals surface area contributed by atoms with Gasteiger partial charge in [0.05, 0.1) is 18.1 Å². The number of carbonyl (C=O) groups is 8. The van der Waals surface area contributed by atoms with E-state index in [1.54, 1.807) is 57.1 Å². The molecule has 2 aromatic carbocycles. The van der Waals surface area contributed by atoms with Crippen molar-refractivity contribution in [2.75, 3.05) is 20.6 Å². The monoisotopic (exact) mass is 983 g/mol. The zero-order chi connectivity index (χ0) is 51.9. The van der Waals surface area contributed by atoms with Crippen LogP contribution in [0.1, 0.15) is 163 Å². The lowest BCUT2D eigenvalue weighted by Gasteiger charge is -2.35. The van der Waals surface area contributed by atoms with Crippen LogP contribution in [0.2, 0.25) is 0 Å². The molecule has 2 fully saturated rings. The lowest BCUT2D eigenvalue weighted by Crippen LogP contribution is -2.58. The fraction of sp³-hybridized carbons (Fsp3) is 0.636. The molecule has 1 heterocycles. The molecule has 0 aromatic heterocycles. The van der Waals surface area contributed by atoms with Crippen LogP contribution in [0.4, 0.5) is 0 Å². The van der Waals surface area contributed by atoms with Crippen LogP contribution in [0.15, 0.2) is 48.5 Å². The molecule has 3 aliphatic rings. The Labute approximate surface area is 421 Å². The van der Waals surface area contributed by atoms with Crippen molar-refractivity contribution in [1.29, 1.82) is 0 Å². The molecule has 16 nitrogen and oxygen atoms in total. The van der Waals surface area contributed by atoms with Gasteiger partial charge in [0.15, 0.2) is 11.6 Å². The molecule has 1 saturated carbocycles. The van der Waals surface area contributed by atoms with Gasteiger partial charge in [-0.25, -0.2) is 0 Å². The third kappa shape index (κ3) is 15.5. The molecule has 390 valence electrons. The normalized spacial score (nSPS) is 20.7. The number of aryl methyl sites for hydroxylation is 1. The van der Waals surface area contributed by atoms with Crippen molar-refractivity contribution in [3.05, 3.63) is 70.8 Å². The first kappa shape index (κ1) is 56.4. The van der Waals surface area contributed by atoms with Crippen molar-refractivity contribution in [2.45, 2.75) is 180 Å². The van der Waals surface area contributed by atoms with Gasteiger partial charge >= 0.3 is 0 Å². The summed E-state index contributed by atoms with van der Waals surface area (Å²) in [5.41, 5.74) is 2.92. The minimum absolute atomic E-state index is 0.0334. The van der Waals surface area contributed by atoms with Crippen molar-refractivity contribution < 1.29 is 38.4 Å². The Bertz CT molecular complexity index is 2190. The molecule has 0 radical (unpaired) electrons. The molecule has 2 aromatic rings. The van der Waals surface area contributed by atoms with Gasteiger partial charge in [-0.2, -0.15) is 0 Å². The first-order chi connectivity index (χ1) is 33.8. The Hall–Kier alpha value is -5.48. The number of ketones is 2. The van der Waals surface area contributed by atoms with Crippen LogP contribution < -0.4 is 37.2 Å². The number of nitrogens with zero attached hydrogens (tertiary/aromatic N) is 1. The van der Waals surface area contributed by atoms with Crippen LogP contribution in [-0.4, -0.2) is 115 Å². The molecule has 71 heavy (non-hydrogen) atoms. The summed E-state index contributed by atoms with van der Waals surface area (Å²) in [6.07, 6.45) is 7.86. The zero-order valence-electron chi connectivity index (χ0n) is 43.7. The van der Waals surface area contributed by atoms with Crippen LogP contribution in [0.5, 0.6) is 0 Å². The summed E-state index contributed by atoms with van der Waals surface area (Å²) in [5.74, 6) is -3.18. The molecule has 2 aliphatic carbocycles. The molecule has 0 unspecified atom stereocenters. The maximum atomic E-state index is 14.9. The summed E-state index contributed by atoms with van der Waals surface area (Å²) in [7, 11) is 3.34. The van der Waals surface area contributed by atoms with E-state index in [4.69, 9.17) is 0 Å². The Morgan fingerprint density at radius 2 is 1.31 bits per heavy atom. The summed E-state index contributed by atoms with van der Waals surface area (Å²) >= 11 is 0. The Morgan fingerprint density at radius 1 is 0.662 bits per heavy atom. The molecule has 0 bridgehead atoms. The predicted molar refractivity (Wildman–Crippen MR) is 274 cm³/mol. The van der Waals surface area contributed by atoms with Crippen molar-refractivity contribution in [2.24, 2.45) is 23.7 Å². The topological polar surface area (TPSA) is 224 Å². The van der Waals surface area contributed by atoms with E-state index in [-0.39, 0.29) is 116 Å². The highest BCUT2D eigenvalue weighted by atomic mass is 16.2. The van der Waals surface area contributed by atoms with E-state index in [9.17, 15) is 38.4 Å². The van der Waals surface area contributed by atoms with Gasteiger partial charge in [-0.05, 0) is 127 Å². The van der Waals surface area contributed by atoms with Gasteiger partial charge in [0.2, 0.25) is 35.4 Å². The minimum atomic E-state index is -0.974. The maximum absolute atomic E-state index is 14.9. The molecule has 7 N–H and O–H groups in total. The number of benzene rings is 2. The molecule has 1 aliphatic heterocycles. The SMILES string of the molecule is CN[C@@H](C)C(=O)N[C@H](C(=O)N[C@@H](CCCC(=O)c1cccc(C(=O)C[C@H]2C[C@@H](C(=O)N[C@@H]3CCCc4ccccc43)N(C(=O)[C@@H](NC(=O)[C@H](C)NC)C3CCCCC3)C2)c1)C(=O)N[C@H](C)C(C)C)C(C)C. The number of fused-ring (bicyclic) bond motifs is 1. The molecule has 9 atom stereocenters. The molecular weight excluding hydrogens is 901 g/mol. The fourth-order valence-electron chi connectivity index (χ4n) is 9.99. The average Bonchev–Trinajstić information content (AvgIpc) is 3.79. The van der Waals surface area contributed by atoms with Crippen molar-refractivity contribution in [3.8, 4) is 0 Å². The van der Waals surface area contributed by atoms with Crippen LogP contribution in [0, 0.1) is 23.7 Å². The first-order valence-electron chi connectivity index (χ1n) is 26.2. The van der Waals surface area contributed by atoms with Crippen LogP contribution in [-0.2, 0) is 35.2 Å². The van der Waals surface area contributed by atoms with E-state index < -0.39 is 42.2 Å². The van der Waals surface area contributed by atoms with Gasteiger partial charge in [0.1, 0.15) is 24.2 Å². The number of hydrogen-bond acceptors (Lipinski definition) is 10. The summed E-state index contributed by atoms with van der Waals surface area (Å²) in [6.45, 7) is 13.0. The molecule has 1 saturated heterocycles. The lowest BCUT2D eigenvalue weighted by atomic mass is 9.83. The van der Waals surface area contributed by atoms with E-state index in [1.807, 2.05) is 52.8 Å². The number of likely N-dealkylation sites (N-methyl/N-ethyl adjacent to an activating group) is 2. The van der Waals surface area contributed by atoms with E-state index >= 15 is 0 Å². The van der Waals surface area contributed by atoms with Gasteiger partial charge in [0, 0.05) is 36.6 Å². The summed E-state index contributed by atoms with van der Waals surface area (Å²) < 4.78 is 0. The fourth-order valence-corrected chi connectivity index (χ4v) is 9.99. The van der Waals surface area contributed by atoms with Gasteiger partial charge in [-0.1, -0.05) is 89.4 Å². The Balaban J connectivity index is 1.30. The highest BCUT2D eigenvalue weighted by molar-refractivity contribution is 6.02. The highest BCUT2D eigenvalue weighted by Crippen LogP contribution is 2.34. The van der Waals surface area contributed by atoms with Gasteiger partial charge in [0.25, 0.3) is 0 Å². The molecule has 5 rings (SSSR count). The number of amides is 6. The van der Waals surface area contributed by atoms with Crippen LogP contribution in [0.25, 0.3) is 0 Å². The smallest absolute Gasteiger partial charge is 0.246 e. The van der Waals surface area contributed by atoms with Crippen LogP contribution in [0.3, 0.4) is 0 Å². The number of likely N-dealkylation sites (tertiary alicyclic amines) is 1. The second-order valence-corrected chi connectivity index (χ2v) is 21.0. The quantitative estimate of drug-likeness (QED) is 0.0691. The largest absolute Gasteiger partial charge is 0.352 e. The third-order valence-electron chi connectivity index (χ3n) is 15.1. The minimum Gasteiger partial charge on any atom is -0.352 e. The predicted octanol–water partition coefficient (Wildman–Crippen LogP) is 5.09. The van der Waals surface area contributed by atoms with Gasteiger partial charge in [-0.15, -0.1) is 0 Å². The van der Waals surface area contributed by atoms with Crippen molar-refractivity contribution in [1.82, 2.24) is 42.1 Å². The second kappa shape index (κ2) is 26.8. The van der Waals surface area contributed by atoms with Crippen molar-refractivity contribution >= 4 is 47.0 Å². The first-order valence-corrected chi connectivity index (χ1v) is 26.2. The zero-order valence-corrected chi connectivity index (χ0v) is 43.7. The van der Waals surface area contributed by atoms with E-state index in [1.165, 1.54) is 5.56 Å². The number of nitrogens with one attached hydrogen (secondary N) is 7. The molecule has 6 amide bonds. The van der Waals surface area contributed by atoms with E-state index in [0.717, 1.165) is 56.9 Å². The third-order valence-corrected chi connectivity index (χ3v) is 15.1. The number of carbonyl (C=O) groups excluding carboxylic acids is 8. The van der Waals surface area contributed by atoms with Crippen molar-refractivity contribution in [3.63, 3.8) is 0 Å². The number of hydrogen-bond donors (Lipinski definition) is 7. The van der Waals surface area contributed by atoms with Gasteiger partial charge in [-0.3, -0.25) is 38.4 Å². The Morgan fingerprint density at radius 3 is 1.96 bits per heavy atom. The molecule has 16 heteroatoms. The van der Waals surface area contributed by atoms with E-state index in [0.29, 0.717) is 11.1 Å². The van der Waals surface area contributed by atoms with E-state index in [2.05, 4.69) is 43.3 Å². The Kier molecular flexibility index (Phi) is 21.3. The maximum Gasteiger partial charge on any atom is 0.246 e. The number of Topliss-reactive ketones (excluding diaryl/α,β-unsaturated/α-hetero) is 2. The standard InChI is InChI=1S/C55H82N8O8/c1-32(2)34(5)58-52(68)44(60-54(70)48(33(3)4)61-50(66)35(6)56-8)26-17-27-46(64)40-22-15-23-41(30-40)47(65)29-37-28-45(53(69)59-43-25-16-21-38-18-13-14-24-42(38)43)63(31-37)55(71)49(39-19-11-10-12-20-39)62-51(67)36(7)57-9/h13-15,18,22-24,30,32-37,39,43-45,48-49,56-57H,10-12,16-17,19-21,25-29,31H2,1-9H3,(H,58,68)(H,59,69)(H,60,70)(H,61,66)(H,62,67)/t34-,35+,36+,37-,43-,44+,45+,48+,49+/m1/s1. The number of rotatable bonds is 24. The lowest BCUT2D eigenvalue weighted by molar-refractivity contribution is -0.143. The summed E-state index contributed by atoms with van der Waals surface area (Å²) in [4.78, 5) is 112. The molecular formula is C55H82N8O8. The summed E-state index contributed by atoms with van der Waals surface area (Å²) in [6, 6.07) is 9.62. The molecule has 0 spiro atoms.